The number of nitrogens with zero attached hydrogens (tertiary/aromatic N) is 2. The van der Waals surface area contributed by atoms with Gasteiger partial charge >= 0.3 is 0 Å². The molecule has 0 saturated heterocycles. The number of pyridine rings is 1. The van der Waals surface area contributed by atoms with Crippen LogP contribution in [0.2, 0.25) is 0 Å². The van der Waals surface area contributed by atoms with Crippen LogP contribution in [0.4, 0.5) is 5.82 Å². The molecule has 0 bridgehead atoms. The summed E-state index contributed by atoms with van der Waals surface area (Å²) in [6.07, 6.45) is 5.52. The number of hydrogen-bond donors (Lipinski definition) is 1. The number of aryl methyl sites for hydroxylation is 1. The number of hydrogen-bond acceptors (Lipinski definition) is 3. The van der Waals surface area contributed by atoms with Crippen LogP contribution in [-0.4, -0.2) is 35.9 Å². The molecule has 0 aliphatic heterocycles. The molecule has 0 spiro atoms. The molecule has 1 aliphatic rings. The molecule has 116 valence electrons. The quantitative estimate of drug-likeness (QED) is 0.798. The van der Waals surface area contributed by atoms with Crippen LogP contribution in [0.3, 0.4) is 0 Å². The van der Waals surface area contributed by atoms with Gasteiger partial charge in [0.2, 0.25) is 0 Å². The Bertz CT molecular complexity index is 483. The average Bonchev–Trinajstić information content (AvgIpc) is 3.28. The second-order valence-electron chi connectivity index (χ2n) is 6.04. The van der Waals surface area contributed by atoms with E-state index in [1.54, 1.807) is 0 Å². The molecule has 4 heteroatoms. The Labute approximate surface area is 127 Å². The molecule has 1 aromatic heterocycles. The van der Waals surface area contributed by atoms with Gasteiger partial charge in [0.05, 0.1) is 0 Å². The third-order valence-corrected chi connectivity index (χ3v) is 3.76. The van der Waals surface area contributed by atoms with Gasteiger partial charge in [0, 0.05) is 31.4 Å². The first-order valence-electron chi connectivity index (χ1n) is 8.14. The highest BCUT2D eigenvalue weighted by Gasteiger charge is 2.25. The van der Waals surface area contributed by atoms with E-state index in [4.69, 9.17) is 0 Å². The van der Waals surface area contributed by atoms with Crippen molar-refractivity contribution in [3.8, 4) is 0 Å². The standard InChI is InChI=1S/C17H27N3O/c1-4-6-15-10-14(11-16(19-15)18-9-5-2)17(21)20(3)12-13-7-8-13/h10-11,13H,4-9,12H2,1-3H3,(H,18,19). The normalized spacial score (nSPS) is 14.0. The van der Waals surface area contributed by atoms with Crippen molar-refractivity contribution in [3.63, 3.8) is 0 Å². The fraction of sp³-hybridized carbons (Fsp3) is 0.647. The van der Waals surface area contributed by atoms with E-state index in [2.05, 4.69) is 24.1 Å². The molecule has 1 amide bonds. The summed E-state index contributed by atoms with van der Waals surface area (Å²) in [7, 11) is 1.90. The van der Waals surface area contributed by atoms with Crippen LogP contribution in [0.5, 0.6) is 0 Å². The van der Waals surface area contributed by atoms with E-state index < -0.39 is 0 Å². The Morgan fingerprint density at radius 3 is 2.71 bits per heavy atom. The van der Waals surface area contributed by atoms with Crippen molar-refractivity contribution in [2.24, 2.45) is 5.92 Å². The van der Waals surface area contributed by atoms with Gasteiger partial charge in [0.15, 0.2) is 0 Å². The molecule has 0 atom stereocenters. The largest absolute Gasteiger partial charge is 0.370 e. The van der Waals surface area contributed by atoms with E-state index in [1.807, 2.05) is 24.1 Å². The van der Waals surface area contributed by atoms with E-state index >= 15 is 0 Å². The zero-order valence-electron chi connectivity index (χ0n) is 13.5. The van der Waals surface area contributed by atoms with Gasteiger partial charge in [-0.3, -0.25) is 4.79 Å². The minimum atomic E-state index is 0.112. The number of rotatable bonds is 8. The van der Waals surface area contributed by atoms with Crippen molar-refractivity contribution in [1.82, 2.24) is 9.88 Å². The molecule has 1 aliphatic carbocycles. The van der Waals surface area contributed by atoms with E-state index in [-0.39, 0.29) is 5.91 Å². The van der Waals surface area contributed by atoms with E-state index in [0.717, 1.165) is 49.4 Å². The van der Waals surface area contributed by atoms with Crippen molar-refractivity contribution in [3.05, 3.63) is 23.4 Å². The Hall–Kier alpha value is -1.58. The van der Waals surface area contributed by atoms with E-state index in [9.17, 15) is 4.79 Å². The summed E-state index contributed by atoms with van der Waals surface area (Å²) in [5.41, 5.74) is 1.76. The number of carbonyl (C=O) groups excluding carboxylic acids is 1. The molecule has 1 heterocycles. The van der Waals surface area contributed by atoms with Gasteiger partial charge in [0.1, 0.15) is 5.82 Å². The first-order valence-corrected chi connectivity index (χ1v) is 8.14. The lowest BCUT2D eigenvalue weighted by Gasteiger charge is -2.18. The summed E-state index contributed by atoms with van der Waals surface area (Å²) < 4.78 is 0. The Morgan fingerprint density at radius 1 is 1.33 bits per heavy atom. The van der Waals surface area contributed by atoms with Gasteiger partial charge in [0.25, 0.3) is 5.91 Å². The van der Waals surface area contributed by atoms with Crippen LogP contribution in [0, 0.1) is 5.92 Å². The highest BCUT2D eigenvalue weighted by atomic mass is 16.2. The molecular formula is C17H27N3O. The van der Waals surface area contributed by atoms with Crippen LogP contribution in [0.15, 0.2) is 12.1 Å². The maximum atomic E-state index is 12.6. The SMILES string of the molecule is CCCNc1cc(C(=O)N(C)CC2CC2)cc(CCC)n1. The molecule has 1 fully saturated rings. The summed E-state index contributed by atoms with van der Waals surface area (Å²) in [5.74, 6) is 1.65. The summed E-state index contributed by atoms with van der Waals surface area (Å²) in [5, 5.41) is 3.30. The molecule has 2 rings (SSSR count). The number of carbonyl (C=O) groups is 1. The second-order valence-corrected chi connectivity index (χ2v) is 6.04. The predicted octanol–water partition coefficient (Wildman–Crippen LogP) is 3.34. The molecule has 0 aromatic carbocycles. The van der Waals surface area contributed by atoms with Crippen LogP contribution in [0.25, 0.3) is 0 Å². The maximum Gasteiger partial charge on any atom is 0.253 e. The number of amides is 1. The first kappa shape index (κ1) is 15.8. The lowest BCUT2D eigenvalue weighted by atomic mass is 10.1. The predicted molar refractivity (Wildman–Crippen MR) is 86.7 cm³/mol. The van der Waals surface area contributed by atoms with Crippen molar-refractivity contribution in [2.45, 2.75) is 46.0 Å². The van der Waals surface area contributed by atoms with Gasteiger partial charge in [-0.25, -0.2) is 4.98 Å². The van der Waals surface area contributed by atoms with Crippen LogP contribution < -0.4 is 5.32 Å². The molecule has 1 N–H and O–H groups in total. The molecule has 0 unspecified atom stereocenters. The molecule has 1 aromatic rings. The number of anilines is 1. The van der Waals surface area contributed by atoms with Gasteiger partial charge in [-0.1, -0.05) is 20.3 Å². The number of aromatic nitrogens is 1. The van der Waals surface area contributed by atoms with Crippen molar-refractivity contribution < 1.29 is 4.79 Å². The molecule has 0 radical (unpaired) electrons. The topological polar surface area (TPSA) is 45.2 Å². The van der Waals surface area contributed by atoms with Crippen molar-refractivity contribution in [1.29, 1.82) is 0 Å². The number of nitrogens with one attached hydrogen (secondary N) is 1. The van der Waals surface area contributed by atoms with Crippen molar-refractivity contribution in [2.75, 3.05) is 25.5 Å². The second kappa shape index (κ2) is 7.43. The Balaban J connectivity index is 2.14. The highest BCUT2D eigenvalue weighted by Crippen LogP contribution is 2.29. The lowest BCUT2D eigenvalue weighted by Crippen LogP contribution is -2.29. The van der Waals surface area contributed by atoms with Gasteiger partial charge in [-0.05, 0) is 43.7 Å². The minimum absolute atomic E-state index is 0.112. The third kappa shape index (κ3) is 4.73. The average molecular weight is 289 g/mol. The summed E-state index contributed by atoms with van der Waals surface area (Å²) in [4.78, 5) is 19.0. The van der Waals surface area contributed by atoms with E-state index in [0.29, 0.717) is 5.92 Å². The Morgan fingerprint density at radius 2 is 2.10 bits per heavy atom. The molecular weight excluding hydrogens is 262 g/mol. The zero-order valence-corrected chi connectivity index (χ0v) is 13.5. The summed E-state index contributed by atoms with van der Waals surface area (Å²) in [6, 6.07) is 3.84. The lowest BCUT2D eigenvalue weighted by molar-refractivity contribution is 0.0788. The fourth-order valence-corrected chi connectivity index (χ4v) is 2.43. The smallest absolute Gasteiger partial charge is 0.253 e. The summed E-state index contributed by atoms with van der Waals surface area (Å²) >= 11 is 0. The highest BCUT2D eigenvalue weighted by molar-refractivity contribution is 5.94. The monoisotopic (exact) mass is 289 g/mol. The van der Waals surface area contributed by atoms with Crippen LogP contribution in [-0.2, 0) is 6.42 Å². The third-order valence-electron chi connectivity index (χ3n) is 3.76. The molecule has 1 saturated carbocycles. The van der Waals surface area contributed by atoms with E-state index in [1.165, 1.54) is 12.8 Å². The first-order chi connectivity index (χ1) is 10.1. The van der Waals surface area contributed by atoms with Crippen LogP contribution in [0.1, 0.15) is 55.6 Å². The summed E-state index contributed by atoms with van der Waals surface area (Å²) in [6.45, 7) is 6.02. The van der Waals surface area contributed by atoms with Gasteiger partial charge in [-0.15, -0.1) is 0 Å². The molecule has 21 heavy (non-hydrogen) atoms. The minimum Gasteiger partial charge on any atom is -0.370 e. The maximum absolute atomic E-state index is 12.6. The van der Waals surface area contributed by atoms with Crippen LogP contribution >= 0.6 is 0 Å². The Kier molecular flexibility index (Phi) is 5.59. The fourth-order valence-electron chi connectivity index (χ4n) is 2.43. The van der Waals surface area contributed by atoms with Crippen molar-refractivity contribution >= 4 is 11.7 Å². The zero-order chi connectivity index (χ0) is 15.2. The van der Waals surface area contributed by atoms with Gasteiger partial charge in [-0.2, -0.15) is 0 Å². The molecule has 4 nitrogen and oxygen atoms in total. The van der Waals surface area contributed by atoms with Gasteiger partial charge < -0.3 is 10.2 Å².